The third-order valence-electron chi connectivity index (χ3n) is 20.9. The first kappa shape index (κ1) is 76.8. The zero-order chi connectivity index (χ0) is 81.7. The molecule has 25 heteroatoms. The van der Waals surface area contributed by atoms with Crippen LogP contribution in [0.1, 0.15) is 83.7 Å². The van der Waals surface area contributed by atoms with E-state index >= 15 is 0 Å². The molecule has 0 radical (unpaired) electrons. The first-order valence-electron chi connectivity index (χ1n) is 36.9. The van der Waals surface area contributed by atoms with Crippen LogP contribution in [0.4, 0.5) is 0 Å². The molecule has 0 unspecified atom stereocenters. The van der Waals surface area contributed by atoms with E-state index < -0.39 is 51.7 Å². The van der Waals surface area contributed by atoms with Gasteiger partial charge in [-0.3, -0.25) is 69.1 Å². The highest BCUT2D eigenvalue weighted by Gasteiger charge is 2.51. The van der Waals surface area contributed by atoms with Crippen LogP contribution in [0.5, 0.6) is 34.5 Å². The number of hydrogen-bond donors (Lipinski definition) is 6. The minimum Gasteiger partial charge on any atom is -0.507 e. The normalized spacial score (nSPS) is 17.9. The Labute approximate surface area is 670 Å². The van der Waals surface area contributed by atoms with Crippen molar-refractivity contribution in [1.82, 2.24) is 50.6 Å². The van der Waals surface area contributed by atoms with Crippen LogP contribution in [0.15, 0.2) is 225 Å². The molecule has 25 nitrogen and oxygen atoms in total. The van der Waals surface area contributed by atoms with Gasteiger partial charge in [-0.1, -0.05) is 108 Å². The Kier molecular flexibility index (Phi) is 21.2. The molecule has 3 fully saturated rings. The summed E-state index contributed by atoms with van der Waals surface area (Å²) in [4.78, 5) is 137. The van der Waals surface area contributed by atoms with E-state index in [9.17, 15) is 58.5 Å². The van der Waals surface area contributed by atoms with Gasteiger partial charge in [-0.15, -0.1) is 0 Å². The lowest BCUT2D eigenvalue weighted by Gasteiger charge is -2.25. The molecule has 117 heavy (non-hydrogen) atoms. The number of nitrogens with one attached hydrogen (secondary N) is 3. The van der Waals surface area contributed by atoms with Crippen molar-refractivity contribution >= 4 is 53.2 Å². The summed E-state index contributed by atoms with van der Waals surface area (Å²) in [5, 5.41) is 38.1. The highest BCUT2D eigenvalue weighted by molar-refractivity contribution is 6.11. The second kappa shape index (κ2) is 32.3. The van der Waals surface area contributed by atoms with Crippen LogP contribution in [-0.4, -0.2) is 144 Å². The Balaban J connectivity index is 0.000000138. The Bertz CT molecular complexity index is 5850. The molecule has 0 saturated carbocycles. The molecule has 578 valence electrons. The Morgan fingerprint density at radius 2 is 0.744 bits per heavy atom. The second-order valence-electron chi connectivity index (χ2n) is 28.6. The lowest BCUT2D eigenvalue weighted by atomic mass is 9.85. The smallest absolute Gasteiger partial charge is 0.254 e. The number of para-hydroxylation sites is 1. The molecule has 3 atom stereocenters. The summed E-state index contributed by atoms with van der Waals surface area (Å²) in [6.07, 6.45) is 6.35. The van der Waals surface area contributed by atoms with E-state index in [0.29, 0.717) is 110 Å². The van der Waals surface area contributed by atoms with Crippen molar-refractivity contribution < 1.29 is 72.7 Å². The number of benzene rings is 7. The molecule has 6 aliphatic rings. The monoisotopic (exact) mass is 1550 g/mol. The van der Waals surface area contributed by atoms with Crippen LogP contribution in [0.2, 0.25) is 0 Å². The number of aromatic nitrogens is 4. The van der Waals surface area contributed by atoms with Crippen LogP contribution in [0, 0.1) is 51.8 Å². The van der Waals surface area contributed by atoms with Crippen LogP contribution >= 0.6 is 0 Å². The molecule has 6 aliphatic heterocycles. The van der Waals surface area contributed by atoms with Gasteiger partial charge in [0.1, 0.15) is 62.1 Å². The van der Waals surface area contributed by atoms with Gasteiger partial charge in [-0.25, -0.2) is 9.97 Å². The number of aromatic hydroxyl groups is 3. The number of carbonyl (C=O) groups excluding carboxylic acids is 9. The fourth-order valence-electron chi connectivity index (χ4n) is 14.6. The maximum atomic E-state index is 13.1. The first-order valence-corrected chi connectivity index (χ1v) is 36.9. The molecule has 3 saturated heterocycles. The number of phenols is 1. The third-order valence-corrected chi connectivity index (χ3v) is 20.9. The van der Waals surface area contributed by atoms with Crippen LogP contribution < -0.4 is 30.2 Å². The van der Waals surface area contributed by atoms with E-state index in [1.807, 2.05) is 66.7 Å². The summed E-state index contributed by atoms with van der Waals surface area (Å²) < 4.78 is 15.7. The molecule has 9 amide bonds. The number of hydrogen-bond acceptors (Lipinski definition) is 19. The Hall–Kier alpha value is -15.6. The Morgan fingerprint density at radius 3 is 1.09 bits per heavy atom. The number of fused-ring (bicyclic) bond motifs is 3. The number of pyridine rings is 4. The number of rotatable bonds is 14. The van der Waals surface area contributed by atoms with Crippen molar-refractivity contribution in [3.05, 3.63) is 275 Å². The molecule has 17 rings (SSSR count). The number of methoxy groups -OCH3 is 3. The third kappa shape index (κ3) is 16.0. The van der Waals surface area contributed by atoms with Crippen molar-refractivity contribution in [3.8, 4) is 126 Å². The van der Waals surface area contributed by atoms with Gasteiger partial charge in [0, 0.05) is 125 Å². The zero-order valence-corrected chi connectivity index (χ0v) is 63.1. The average molecular weight is 1560 g/mol. The molecule has 0 aliphatic carbocycles. The molecule has 4 aromatic heterocycles. The summed E-state index contributed by atoms with van der Waals surface area (Å²) in [7, 11) is 4.60. The summed E-state index contributed by atoms with van der Waals surface area (Å²) in [6, 6.07) is 58.3. The van der Waals surface area contributed by atoms with Crippen LogP contribution in [0.3, 0.4) is 0 Å². The van der Waals surface area contributed by atoms with E-state index in [4.69, 9.17) is 14.2 Å². The van der Waals surface area contributed by atoms with E-state index in [1.54, 1.807) is 173 Å². The number of amides is 9. The van der Waals surface area contributed by atoms with Gasteiger partial charge in [-0.05, 0) is 150 Å². The van der Waals surface area contributed by atoms with Crippen molar-refractivity contribution in [1.29, 1.82) is 0 Å². The summed E-state index contributed by atoms with van der Waals surface area (Å²) >= 11 is 0. The number of imide groups is 3. The number of phenolic OH excluding ortho intramolecular Hbond substituents is 1. The first-order chi connectivity index (χ1) is 56.6. The minimum atomic E-state index is -1.38. The van der Waals surface area contributed by atoms with E-state index in [2.05, 4.69) is 71.4 Å². The summed E-state index contributed by atoms with van der Waals surface area (Å²) in [6.45, 7) is 0.913. The van der Waals surface area contributed by atoms with Crippen LogP contribution in [-0.2, 0) is 48.4 Å². The quantitative estimate of drug-likeness (QED) is 0.0435. The predicted octanol–water partition coefficient (Wildman–Crippen LogP) is 10.2. The highest BCUT2D eigenvalue weighted by atomic mass is 16.5. The molecular weight excluding hydrogens is 1490 g/mol. The molecule has 0 spiro atoms. The van der Waals surface area contributed by atoms with Gasteiger partial charge in [0.25, 0.3) is 17.7 Å². The molecule has 0 bridgehead atoms. The van der Waals surface area contributed by atoms with Gasteiger partial charge < -0.3 is 44.2 Å². The van der Waals surface area contributed by atoms with Gasteiger partial charge in [0.2, 0.25) is 35.4 Å². The van der Waals surface area contributed by atoms with Gasteiger partial charge in [0.05, 0.1) is 52.0 Å². The number of carbonyl (C=O) groups is 9. The standard InChI is InChI=1S/2C32H24N4O5.C28H22N2O5/c1-41-24-7-6-23-18-36(30(39)25(23)16-24)19-32(17-28(38)35-31(32)40)13-10-20-2-4-22(5-3-20)29-27(37)9-8-26(34-29)21-11-14-33-15-12-21;1-41-24-9-8-23-18-36(30(39)25(23)15-24)19-32(16-28(38)35-31(32)40)13-12-20-4-6-21(7-5-20)29-27(37)11-10-26(34-29)22-3-2-14-33-17-22;1-35-21-11-10-20-16-30(26(33)23(20)14-21)17-28(15-25(32)29-27(28)34)13-12-18-6-8-19(9-7-18)22-4-2-3-5-24(22)31/h2-9,11-12,14-16,37H,17-19H2,1H3,(H,35,38,40);2-11,14-15,17,37H,16,18-19H2,1H3,(H,35,38,40);2-11,14,31H,15-17H2,1H3,(H,29,32,34)/t2*32-;28-/m111/s1. The molecule has 6 N–H and O–H groups in total. The van der Waals surface area contributed by atoms with Crippen molar-refractivity contribution in [2.45, 2.75) is 38.9 Å². The molecule has 7 aromatic carbocycles. The van der Waals surface area contributed by atoms with Crippen molar-refractivity contribution in [2.75, 3.05) is 41.0 Å². The van der Waals surface area contributed by atoms with Crippen molar-refractivity contribution in [3.63, 3.8) is 0 Å². The van der Waals surface area contributed by atoms with Gasteiger partial charge in [-0.2, -0.15) is 0 Å². The van der Waals surface area contributed by atoms with Gasteiger partial charge >= 0.3 is 0 Å². The van der Waals surface area contributed by atoms with Crippen LogP contribution in [0.25, 0.3) is 56.2 Å². The molecule has 11 aromatic rings. The fourth-order valence-corrected chi connectivity index (χ4v) is 14.6. The topological polar surface area (TPSA) is 339 Å². The predicted molar refractivity (Wildman–Crippen MR) is 427 cm³/mol. The average Bonchev–Trinajstić information content (AvgIpc) is 1.63. The summed E-state index contributed by atoms with van der Waals surface area (Å²) in [5.41, 5.74) is 8.57. The van der Waals surface area contributed by atoms with Gasteiger partial charge in [0.15, 0.2) is 0 Å². The lowest BCUT2D eigenvalue weighted by molar-refractivity contribution is -0.128. The largest absolute Gasteiger partial charge is 0.507 e. The zero-order valence-electron chi connectivity index (χ0n) is 63.1. The highest BCUT2D eigenvalue weighted by Crippen LogP contribution is 2.40. The van der Waals surface area contributed by atoms with Crippen molar-refractivity contribution in [2.24, 2.45) is 16.2 Å². The number of ether oxygens (including phenoxy) is 3. The second-order valence-corrected chi connectivity index (χ2v) is 28.6. The lowest BCUT2D eigenvalue weighted by Crippen LogP contribution is -2.42. The maximum Gasteiger partial charge on any atom is 0.254 e. The SMILES string of the molecule is COc1ccc2c(c1)C(=O)N(C[C@@]1(C#Cc3ccc(-c4ccccc4O)cc3)CC(=O)NC1=O)C2.COc1ccc2c(c1)C(=O)N(C[C@@]1(C#Cc3ccc(-c4nc(-c5cccnc5)ccc4O)cc3)CC(=O)NC1=O)C2.COc1ccc2c(c1)C(=O)N(C[C@@]1(C#Cc3ccc(-c4nc(-c5ccncc5)ccc4O)cc3)CC(=O)NC1=O)C2. The Morgan fingerprint density at radius 1 is 0.368 bits per heavy atom. The van der Waals surface area contributed by atoms with E-state index in [1.165, 1.54) is 21.3 Å². The summed E-state index contributed by atoms with van der Waals surface area (Å²) in [5.74, 6) is 16.6. The fraction of sp³-hybridized carbons (Fsp3) is 0.163. The number of nitrogens with zero attached hydrogens (tertiary/aromatic N) is 7. The van der Waals surface area contributed by atoms with E-state index in [0.717, 1.165) is 33.4 Å². The van der Waals surface area contributed by atoms with E-state index in [-0.39, 0.29) is 73.9 Å². The molecule has 10 heterocycles. The molecular formula is C92H70N10O15. The minimum absolute atomic E-state index is 0.00335. The maximum absolute atomic E-state index is 13.1.